The Morgan fingerprint density at radius 1 is 0.800 bits per heavy atom. The van der Waals surface area contributed by atoms with Crippen LogP contribution in [0.3, 0.4) is 0 Å². The van der Waals surface area contributed by atoms with E-state index >= 15 is 0 Å². The smallest absolute Gasteiger partial charge is 0 e. The molecule has 20 heavy (non-hydrogen) atoms. The van der Waals surface area contributed by atoms with Crippen molar-refractivity contribution in [2.45, 2.75) is 39.0 Å². The molecular formula is C8H14B12. The minimum Gasteiger partial charge on any atom is -0.0596 e. The van der Waals surface area contributed by atoms with Gasteiger partial charge >= 0.3 is 0 Å². The Kier molecular flexibility index (Phi) is 7.40. The van der Waals surface area contributed by atoms with E-state index in [0.29, 0.717) is 0 Å². The molecule has 0 nitrogen and oxygen atoms in total. The van der Waals surface area contributed by atoms with E-state index < -0.39 is 31.9 Å². The van der Waals surface area contributed by atoms with E-state index in [0.717, 1.165) is 11.3 Å². The molecule has 2 fully saturated rings. The molecule has 0 aromatic carbocycles. The predicted octanol–water partition coefficient (Wildman–Crippen LogP) is -1.98. The van der Waals surface area contributed by atoms with Gasteiger partial charge in [0.2, 0.25) is 0 Å². The van der Waals surface area contributed by atoms with Crippen molar-refractivity contribution in [1.29, 1.82) is 0 Å². The van der Waals surface area contributed by atoms with Crippen LogP contribution in [-0.2, 0) is 0 Å². The Morgan fingerprint density at radius 3 is 1.35 bits per heavy atom. The molecule has 2 bridgehead atoms. The van der Waals surface area contributed by atoms with Crippen LogP contribution in [0, 0.1) is 11.3 Å². The first kappa shape index (κ1) is 18.8. The molecule has 0 amide bonds. The highest BCUT2D eigenvalue weighted by atomic mass is 14.5. The number of hydrogen-bond acceptors (Lipinski definition) is 0. The van der Waals surface area contributed by atoms with Crippen LogP contribution in [0.5, 0.6) is 0 Å². The molecule has 82 valence electrons. The summed E-state index contributed by atoms with van der Waals surface area (Å²) in [6, 6.07) is 0. The van der Waals surface area contributed by atoms with Gasteiger partial charge in [-0.3, -0.25) is 0 Å². The average molecular weight is 240 g/mol. The molecule has 0 saturated heterocycles. The highest BCUT2D eigenvalue weighted by Crippen LogP contribution is 2.53. The van der Waals surface area contributed by atoms with Crippen LogP contribution in [0.4, 0.5) is 0 Å². The summed E-state index contributed by atoms with van der Waals surface area (Å²) in [5.74, 6) is 1.14. The highest BCUT2D eigenvalue weighted by Gasteiger charge is 2.40. The standard InChI is InChI=1S/C8H14.B12/c1-8-4-2-7(6-8)3-5-8;1-8(2)11(7)12(9(3)4)10(5)6/h7H,2-6H2,1H3;. The number of rotatable bonds is 4. The molecule has 0 aromatic heterocycles. The summed E-state index contributed by atoms with van der Waals surface area (Å²) in [5.41, 5.74) is 0.810. The summed E-state index contributed by atoms with van der Waals surface area (Å²) >= 11 is 0. The number of hydrogen-bond donors (Lipinski definition) is 0. The van der Waals surface area contributed by atoms with E-state index in [9.17, 15) is 0 Å². The lowest BCUT2D eigenvalue weighted by Gasteiger charge is -2.29. The Labute approximate surface area is 136 Å². The second-order valence-electron chi connectivity index (χ2n) is 6.84. The third-order valence-corrected chi connectivity index (χ3v) is 4.87. The van der Waals surface area contributed by atoms with Gasteiger partial charge in [0, 0.05) is 86.1 Å². The van der Waals surface area contributed by atoms with Gasteiger partial charge in [0.05, 0.1) is 0 Å². The van der Waals surface area contributed by atoms with Crippen molar-refractivity contribution in [3.05, 3.63) is 0 Å². The zero-order valence-electron chi connectivity index (χ0n) is 12.5. The maximum Gasteiger partial charge on any atom is 0 e. The fourth-order valence-corrected chi connectivity index (χ4v) is 3.51. The minimum atomic E-state index is -0.723. The van der Waals surface area contributed by atoms with Crippen LogP contribution in [0.2, 0.25) is 0 Å². The number of fused-ring (bicyclic) bond motifs is 2. The van der Waals surface area contributed by atoms with Crippen molar-refractivity contribution in [3.63, 3.8) is 0 Å². The van der Waals surface area contributed by atoms with E-state index in [2.05, 4.69) is 6.92 Å². The van der Waals surface area contributed by atoms with Crippen molar-refractivity contribution >= 4 is 86.1 Å². The van der Waals surface area contributed by atoms with E-state index in [1.54, 1.807) is 6.42 Å². The first-order valence-corrected chi connectivity index (χ1v) is 7.45. The summed E-state index contributed by atoms with van der Waals surface area (Å²) in [6.07, 6.45) is 4.45. The summed E-state index contributed by atoms with van der Waals surface area (Å²) in [7, 11) is 37.9. The van der Waals surface area contributed by atoms with E-state index in [1.807, 2.05) is 0 Å². The monoisotopic (exact) mass is 242 g/mol. The maximum absolute atomic E-state index is 5.59. The van der Waals surface area contributed by atoms with Crippen molar-refractivity contribution in [2.24, 2.45) is 11.3 Å². The van der Waals surface area contributed by atoms with Crippen LogP contribution in [0.1, 0.15) is 39.0 Å². The van der Waals surface area contributed by atoms with E-state index in [-0.39, 0.29) is 0 Å². The maximum atomic E-state index is 5.59. The fourth-order valence-electron chi connectivity index (χ4n) is 3.51. The molecule has 2 rings (SSSR count). The minimum absolute atomic E-state index is 0.481. The molecule has 2 aliphatic carbocycles. The average Bonchev–Trinajstić information content (AvgIpc) is 2.86. The van der Waals surface area contributed by atoms with Crippen molar-refractivity contribution < 1.29 is 0 Å². The van der Waals surface area contributed by atoms with Gasteiger partial charge in [0.15, 0.2) is 0 Å². The van der Waals surface area contributed by atoms with E-state index in [1.165, 1.54) is 25.7 Å². The molecule has 0 unspecified atom stereocenters. The molecular weight excluding hydrogens is 226 g/mol. The zero-order valence-corrected chi connectivity index (χ0v) is 12.5. The third kappa shape index (κ3) is 5.20. The quantitative estimate of drug-likeness (QED) is 0.499. The van der Waals surface area contributed by atoms with Crippen LogP contribution >= 0.6 is 0 Å². The van der Waals surface area contributed by atoms with Crippen molar-refractivity contribution in [3.8, 4) is 0 Å². The van der Waals surface area contributed by atoms with Gasteiger partial charge in [-0.25, -0.2) is 0 Å². The second kappa shape index (κ2) is 7.87. The Balaban J connectivity index is 0.000000212. The van der Waals surface area contributed by atoms with Crippen LogP contribution in [0.15, 0.2) is 0 Å². The first-order chi connectivity index (χ1) is 9.16. The van der Waals surface area contributed by atoms with Gasteiger partial charge < -0.3 is 0 Å². The zero-order chi connectivity index (χ0) is 15.5. The SMILES string of the molecule is CC12CCC(CC1)C2.[B]B([B])B([B])B(B([B])[B])B([B])[B]. The summed E-state index contributed by atoms with van der Waals surface area (Å²) in [5, 5.41) is 0. The second-order valence-corrected chi connectivity index (χ2v) is 6.84. The van der Waals surface area contributed by atoms with Gasteiger partial charge in [-0.2, -0.15) is 0 Å². The Hall–Kier alpha value is 0.779. The molecule has 0 spiro atoms. The van der Waals surface area contributed by atoms with Crippen LogP contribution in [0.25, 0.3) is 0 Å². The molecule has 0 heterocycles. The molecule has 12 heteroatoms. The lowest BCUT2D eigenvalue weighted by Crippen LogP contribution is -2.67. The van der Waals surface area contributed by atoms with Crippen molar-refractivity contribution in [2.75, 3.05) is 0 Å². The van der Waals surface area contributed by atoms with Gasteiger partial charge in [0.25, 0.3) is 0 Å². The van der Waals surface area contributed by atoms with Gasteiger partial charge in [-0.1, -0.05) is 6.92 Å². The molecule has 0 aromatic rings. The van der Waals surface area contributed by atoms with E-state index in [4.69, 9.17) is 54.2 Å². The first-order valence-electron chi connectivity index (χ1n) is 7.45. The molecule has 2 saturated carbocycles. The van der Waals surface area contributed by atoms with Gasteiger partial charge in [-0.05, 0) is 43.4 Å². The van der Waals surface area contributed by atoms with Gasteiger partial charge in [-0.15, -0.1) is 0 Å². The predicted molar refractivity (Wildman–Crippen MR) is 104 cm³/mol. The summed E-state index contributed by atoms with van der Waals surface area (Å²) in [6.45, 7) is 2.46. The Bertz CT molecular complexity index is 277. The van der Waals surface area contributed by atoms with Crippen LogP contribution in [-0.4, -0.2) is 86.1 Å². The third-order valence-electron chi connectivity index (χ3n) is 4.87. The van der Waals surface area contributed by atoms with Crippen molar-refractivity contribution in [1.82, 2.24) is 0 Å². The highest BCUT2D eigenvalue weighted by molar-refractivity contribution is 8.05. The molecule has 2 aliphatic rings. The Morgan fingerprint density at radius 2 is 1.25 bits per heavy atom. The lowest BCUT2D eigenvalue weighted by molar-refractivity contribution is 0.332. The molecule has 0 aliphatic heterocycles. The molecule has 14 radical (unpaired) electrons. The molecule has 0 N–H and O–H groups in total. The lowest BCUT2D eigenvalue weighted by atomic mass is 8.53. The largest absolute Gasteiger partial charge is 0.0596 e. The fraction of sp³-hybridized carbons (Fsp3) is 1.00. The van der Waals surface area contributed by atoms with Crippen LogP contribution < -0.4 is 0 Å². The normalized spacial score (nSPS) is 26.4. The summed E-state index contributed by atoms with van der Waals surface area (Å²) in [4.78, 5) is 0. The topological polar surface area (TPSA) is 0 Å². The molecule has 0 atom stereocenters. The van der Waals surface area contributed by atoms with Gasteiger partial charge in [0.1, 0.15) is 0 Å². The summed E-state index contributed by atoms with van der Waals surface area (Å²) < 4.78 is 0.